The Balaban J connectivity index is 1.41. The second-order valence-electron chi connectivity index (χ2n) is 6.87. The van der Waals surface area contributed by atoms with Crippen LogP contribution in [0.5, 0.6) is 0 Å². The number of nitrogens with zero attached hydrogens (tertiary/aromatic N) is 2. The third-order valence-corrected chi connectivity index (χ3v) is 5.28. The van der Waals surface area contributed by atoms with Gasteiger partial charge in [0.15, 0.2) is 0 Å². The van der Waals surface area contributed by atoms with Gasteiger partial charge in [-0.25, -0.2) is 0 Å². The zero-order valence-electron chi connectivity index (χ0n) is 14.3. The van der Waals surface area contributed by atoms with Gasteiger partial charge in [-0.15, -0.1) is 11.3 Å². The second-order valence-corrected chi connectivity index (χ2v) is 7.82. The Morgan fingerprint density at radius 2 is 2.21 bits per heavy atom. The van der Waals surface area contributed by atoms with Gasteiger partial charge in [-0.2, -0.15) is 0 Å². The lowest BCUT2D eigenvalue weighted by atomic mass is 9.92. The van der Waals surface area contributed by atoms with Gasteiger partial charge in [-0.05, 0) is 42.7 Å². The standard InChI is InChI=1S/C18H25N3O2S/c1-13-9-14(2)12-21(11-13)7-4-6-19-18(22)16-10-15(20-23-16)17-5-3-8-24-17/h3,5,8,10,13-14H,4,6-7,9,11-12H2,1-2H3,(H,19,22). The summed E-state index contributed by atoms with van der Waals surface area (Å²) in [5.41, 5.74) is 0.714. The summed E-state index contributed by atoms with van der Waals surface area (Å²) in [5, 5.41) is 8.87. The summed E-state index contributed by atoms with van der Waals surface area (Å²) in [5.74, 6) is 1.63. The van der Waals surface area contributed by atoms with E-state index in [0.29, 0.717) is 12.2 Å². The summed E-state index contributed by atoms with van der Waals surface area (Å²) in [4.78, 5) is 15.6. The minimum absolute atomic E-state index is 0.189. The molecule has 1 aliphatic heterocycles. The molecule has 0 bridgehead atoms. The summed E-state index contributed by atoms with van der Waals surface area (Å²) in [7, 11) is 0. The van der Waals surface area contributed by atoms with Gasteiger partial charge in [0.2, 0.25) is 5.76 Å². The monoisotopic (exact) mass is 347 g/mol. The first kappa shape index (κ1) is 17.2. The highest BCUT2D eigenvalue weighted by Gasteiger charge is 2.21. The molecule has 24 heavy (non-hydrogen) atoms. The number of likely N-dealkylation sites (tertiary alicyclic amines) is 1. The van der Waals surface area contributed by atoms with Gasteiger partial charge in [0, 0.05) is 25.7 Å². The molecule has 2 aromatic rings. The molecule has 0 radical (unpaired) electrons. The van der Waals surface area contributed by atoms with Crippen LogP contribution >= 0.6 is 11.3 Å². The maximum absolute atomic E-state index is 12.1. The first-order valence-corrected chi connectivity index (χ1v) is 9.51. The van der Waals surface area contributed by atoms with Crippen LogP contribution in [0.15, 0.2) is 28.1 Å². The Morgan fingerprint density at radius 1 is 1.42 bits per heavy atom. The van der Waals surface area contributed by atoms with Crippen LogP contribution in [0.3, 0.4) is 0 Å². The number of carbonyl (C=O) groups is 1. The molecule has 0 aromatic carbocycles. The van der Waals surface area contributed by atoms with E-state index in [-0.39, 0.29) is 11.7 Å². The van der Waals surface area contributed by atoms with E-state index in [2.05, 4.69) is 29.2 Å². The van der Waals surface area contributed by atoms with Crippen molar-refractivity contribution < 1.29 is 9.32 Å². The summed E-state index contributed by atoms with van der Waals surface area (Å²) in [6.45, 7) is 8.67. The molecule has 130 valence electrons. The van der Waals surface area contributed by atoms with Crippen LogP contribution in [0.2, 0.25) is 0 Å². The number of hydrogen-bond acceptors (Lipinski definition) is 5. The molecule has 0 aliphatic carbocycles. The van der Waals surface area contributed by atoms with Crippen LogP contribution < -0.4 is 5.32 Å². The average Bonchev–Trinajstić information content (AvgIpc) is 3.20. The van der Waals surface area contributed by atoms with Crippen molar-refractivity contribution in [2.24, 2.45) is 11.8 Å². The van der Waals surface area contributed by atoms with E-state index in [0.717, 1.165) is 29.7 Å². The van der Waals surface area contributed by atoms with Crippen molar-refractivity contribution in [2.45, 2.75) is 26.7 Å². The maximum atomic E-state index is 12.1. The molecule has 0 spiro atoms. The van der Waals surface area contributed by atoms with E-state index in [1.54, 1.807) is 17.4 Å². The second kappa shape index (κ2) is 7.94. The molecule has 2 atom stereocenters. The maximum Gasteiger partial charge on any atom is 0.289 e. The van der Waals surface area contributed by atoms with E-state index >= 15 is 0 Å². The Kier molecular flexibility index (Phi) is 5.68. The molecular weight excluding hydrogens is 322 g/mol. The van der Waals surface area contributed by atoms with Gasteiger partial charge >= 0.3 is 0 Å². The molecule has 6 heteroatoms. The molecule has 3 heterocycles. The molecule has 1 saturated heterocycles. The fourth-order valence-electron chi connectivity index (χ4n) is 3.49. The van der Waals surface area contributed by atoms with Crippen molar-refractivity contribution in [3.63, 3.8) is 0 Å². The topological polar surface area (TPSA) is 58.4 Å². The van der Waals surface area contributed by atoms with Gasteiger partial charge < -0.3 is 14.7 Å². The van der Waals surface area contributed by atoms with E-state index < -0.39 is 0 Å². The Morgan fingerprint density at radius 3 is 2.92 bits per heavy atom. The number of hydrogen-bond donors (Lipinski definition) is 1. The summed E-state index contributed by atoms with van der Waals surface area (Å²) >= 11 is 1.58. The zero-order chi connectivity index (χ0) is 16.9. The quantitative estimate of drug-likeness (QED) is 0.813. The van der Waals surface area contributed by atoms with Gasteiger partial charge in [0.1, 0.15) is 5.69 Å². The minimum atomic E-state index is -0.189. The minimum Gasteiger partial charge on any atom is -0.350 e. The van der Waals surface area contributed by atoms with Crippen LogP contribution in [0.25, 0.3) is 10.6 Å². The zero-order valence-corrected chi connectivity index (χ0v) is 15.1. The van der Waals surface area contributed by atoms with Gasteiger partial charge in [-0.3, -0.25) is 4.79 Å². The van der Waals surface area contributed by atoms with Crippen molar-refractivity contribution in [1.29, 1.82) is 0 Å². The van der Waals surface area contributed by atoms with Crippen molar-refractivity contribution in [3.05, 3.63) is 29.3 Å². The van der Waals surface area contributed by atoms with Gasteiger partial charge in [0.05, 0.1) is 4.88 Å². The van der Waals surface area contributed by atoms with Crippen LogP contribution in [0.1, 0.15) is 37.2 Å². The van der Waals surface area contributed by atoms with E-state index in [1.165, 1.54) is 19.5 Å². The molecule has 3 rings (SSSR count). The first-order valence-electron chi connectivity index (χ1n) is 8.63. The molecule has 0 saturated carbocycles. The highest BCUT2D eigenvalue weighted by Crippen LogP contribution is 2.24. The van der Waals surface area contributed by atoms with Crippen LogP contribution in [0.4, 0.5) is 0 Å². The predicted molar refractivity (Wildman–Crippen MR) is 96.2 cm³/mol. The molecule has 1 N–H and O–H groups in total. The summed E-state index contributed by atoms with van der Waals surface area (Å²) < 4.78 is 5.16. The molecule has 5 nitrogen and oxygen atoms in total. The normalized spacial score (nSPS) is 21.8. The number of aromatic nitrogens is 1. The van der Waals surface area contributed by atoms with Crippen molar-refractivity contribution in [1.82, 2.24) is 15.4 Å². The molecule has 2 unspecified atom stereocenters. The lowest BCUT2D eigenvalue weighted by Crippen LogP contribution is -2.40. The molecule has 1 fully saturated rings. The first-order chi connectivity index (χ1) is 11.6. The van der Waals surface area contributed by atoms with Crippen LogP contribution in [-0.4, -0.2) is 42.1 Å². The number of thiophene rings is 1. The lowest BCUT2D eigenvalue weighted by Gasteiger charge is -2.34. The highest BCUT2D eigenvalue weighted by atomic mass is 32.1. The van der Waals surface area contributed by atoms with Crippen molar-refractivity contribution >= 4 is 17.2 Å². The van der Waals surface area contributed by atoms with E-state index in [1.807, 2.05) is 17.5 Å². The van der Waals surface area contributed by atoms with Crippen molar-refractivity contribution in [3.8, 4) is 10.6 Å². The fraction of sp³-hybridized carbons (Fsp3) is 0.556. The van der Waals surface area contributed by atoms with Crippen LogP contribution in [0, 0.1) is 11.8 Å². The number of piperidine rings is 1. The number of nitrogens with one attached hydrogen (secondary N) is 1. The third kappa shape index (κ3) is 4.45. The Bertz CT molecular complexity index is 643. The summed E-state index contributed by atoms with van der Waals surface area (Å²) in [6.07, 6.45) is 2.28. The largest absolute Gasteiger partial charge is 0.350 e. The molecular formula is C18H25N3O2S. The molecule has 2 aromatic heterocycles. The van der Waals surface area contributed by atoms with Gasteiger partial charge in [-0.1, -0.05) is 25.1 Å². The summed E-state index contributed by atoms with van der Waals surface area (Å²) in [6, 6.07) is 5.62. The number of rotatable bonds is 6. The van der Waals surface area contributed by atoms with Crippen LogP contribution in [-0.2, 0) is 0 Å². The third-order valence-electron chi connectivity index (χ3n) is 4.39. The highest BCUT2D eigenvalue weighted by molar-refractivity contribution is 7.13. The number of carbonyl (C=O) groups excluding carboxylic acids is 1. The van der Waals surface area contributed by atoms with Crippen molar-refractivity contribution in [2.75, 3.05) is 26.2 Å². The van der Waals surface area contributed by atoms with E-state index in [4.69, 9.17) is 4.52 Å². The molecule has 1 aliphatic rings. The smallest absolute Gasteiger partial charge is 0.289 e. The average molecular weight is 347 g/mol. The lowest BCUT2D eigenvalue weighted by molar-refractivity contribution is 0.0911. The van der Waals surface area contributed by atoms with Gasteiger partial charge in [0.25, 0.3) is 5.91 Å². The SMILES string of the molecule is CC1CC(C)CN(CCCNC(=O)c2cc(-c3cccs3)no2)C1. The fourth-order valence-corrected chi connectivity index (χ4v) is 4.17. The number of amides is 1. The van der Waals surface area contributed by atoms with E-state index in [9.17, 15) is 4.79 Å². The Hall–Kier alpha value is -1.66. The Labute approximate surface area is 147 Å². The molecule has 1 amide bonds. The predicted octanol–water partition coefficient (Wildman–Crippen LogP) is 3.50.